The zero-order chi connectivity index (χ0) is 10.5. The number of rotatable bonds is 3. The van der Waals surface area contributed by atoms with Crippen LogP contribution in [-0.2, 0) is 6.54 Å². The van der Waals surface area contributed by atoms with Crippen LogP contribution in [0.2, 0.25) is 0 Å². The topological polar surface area (TPSA) is 56.7 Å². The molecule has 4 nitrogen and oxygen atoms in total. The lowest BCUT2D eigenvalue weighted by Gasteiger charge is -2.08. The summed E-state index contributed by atoms with van der Waals surface area (Å²) >= 11 is 0. The maximum Gasteiger partial charge on any atom is 0.0857 e. The zero-order valence-corrected chi connectivity index (χ0v) is 9.23. The van der Waals surface area contributed by atoms with E-state index in [2.05, 4.69) is 16.5 Å². The summed E-state index contributed by atoms with van der Waals surface area (Å²) in [5, 5.41) is 8.36. The first kappa shape index (κ1) is 10.6. The van der Waals surface area contributed by atoms with Crippen LogP contribution in [0.15, 0.2) is 6.20 Å². The highest BCUT2D eigenvalue weighted by molar-refractivity contribution is 5.02. The van der Waals surface area contributed by atoms with Gasteiger partial charge in [-0.15, -0.1) is 5.10 Å². The summed E-state index contributed by atoms with van der Waals surface area (Å²) in [7, 11) is 0. The minimum absolute atomic E-state index is 0.632. The van der Waals surface area contributed by atoms with Gasteiger partial charge in [-0.3, -0.25) is 4.68 Å². The van der Waals surface area contributed by atoms with E-state index < -0.39 is 0 Å². The van der Waals surface area contributed by atoms with E-state index in [0.29, 0.717) is 12.5 Å². The summed E-state index contributed by atoms with van der Waals surface area (Å²) in [6.07, 6.45) is 10.1. The fraction of sp³-hybridized carbons (Fsp3) is 0.818. The number of nitrogens with zero attached hydrogens (tertiary/aromatic N) is 3. The molecule has 2 rings (SSSR count). The average molecular weight is 208 g/mol. The van der Waals surface area contributed by atoms with Crippen LogP contribution in [-0.4, -0.2) is 21.5 Å². The molecule has 0 aliphatic heterocycles. The van der Waals surface area contributed by atoms with Crippen molar-refractivity contribution in [3.63, 3.8) is 0 Å². The molecular weight excluding hydrogens is 188 g/mol. The first-order valence-electron chi connectivity index (χ1n) is 6.00. The van der Waals surface area contributed by atoms with Crippen molar-refractivity contribution >= 4 is 0 Å². The van der Waals surface area contributed by atoms with Crippen LogP contribution in [0, 0.1) is 0 Å². The third kappa shape index (κ3) is 2.78. The molecule has 0 radical (unpaired) electrons. The van der Waals surface area contributed by atoms with Crippen LogP contribution < -0.4 is 5.73 Å². The number of nitrogens with two attached hydrogens (primary N) is 1. The molecule has 0 spiro atoms. The first-order chi connectivity index (χ1) is 7.40. The smallest absolute Gasteiger partial charge is 0.0857 e. The Morgan fingerprint density at radius 2 is 2.00 bits per heavy atom. The monoisotopic (exact) mass is 208 g/mol. The lowest BCUT2D eigenvalue weighted by atomic mass is 9.97. The Labute approximate surface area is 90.8 Å². The Hall–Kier alpha value is -0.900. The van der Waals surface area contributed by atoms with Gasteiger partial charge in [0, 0.05) is 18.7 Å². The molecule has 4 heteroatoms. The summed E-state index contributed by atoms with van der Waals surface area (Å²) in [6.45, 7) is 1.41. The van der Waals surface area contributed by atoms with Gasteiger partial charge < -0.3 is 5.73 Å². The fourth-order valence-corrected chi connectivity index (χ4v) is 2.32. The highest BCUT2D eigenvalue weighted by Gasteiger charge is 2.17. The molecule has 15 heavy (non-hydrogen) atoms. The third-order valence-corrected chi connectivity index (χ3v) is 3.19. The lowest BCUT2D eigenvalue weighted by molar-refractivity contribution is 0.575. The maximum absolute atomic E-state index is 5.48. The van der Waals surface area contributed by atoms with Crippen molar-refractivity contribution in [1.29, 1.82) is 0 Å². The van der Waals surface area contributed by atoms with E-state index in [1.165, 1.54) is 44.2 Å². The summed E-state index contributed by atoms with van der Waals surface area (Å²) < 4.78 is 1.86. The van der Waals surface area contributed by atoms with Crippen molar-refractivity contribution in [3.8, 4) is 0 Å². The molecule has 1 aliphatic carbocycles. The summed E-state index contributed by atoms with van der Waals surface area (Å²) in [6, 6.07) is 0. The second kappa shape index (κ2) is 5.26. The molecule has 1 aromatic rings. The van der Waals surface area contributed by atoms with E-state index in [0.717, 1.165) is 6.54 Å². The van der Waals surface area contributed by atoms with Gasteiger partial charge in [-0.25, -0.2) is 0 Å². The Balaban J connectivity index is 2.00. The molecule has 0 aromatic carbocycles. The summed E-state index contributed by atoms with van der Waals surface area (Å²) in [4.78, 5) is 0. The van der Waals surface area contributed by atoms with Gasteiger partial charge in [-0.05, 0) is 12.8 Å². The molecule has 1 heterocycles. The fourth-order valence-electron chi connectivity index (χ4n) is 2.32. The normalized spacial score (nSPS) is 19.0. The Morgan fingerprint density at radius 1 is 1.27 bits per heavy atom. The van der Waals surface area contributed by atoms with Crippen LogP contribution in [0.4, 0.5) is 0 Å². The van der Waals surface area contributed by atoms with E-state index in [9.17, 15) is 0 Å². The highest BCUT2D eigenvalue weighted by Crippen LogP contribution is 2.29. The van der Waals surface area contributed by atoms with E-state index in [4.69, 9.17) is 5.73 Å². The molecule has 2 N–H and O–H groups in total. The Morgan fingerprint density at radius 3 is 2.67 bits per heavy atom. The maximum atomic E-state index is 5.48. The van der Waals surface area contributed by atoms with Crippen molar-refractivity contribution < 1.29 is 0 Å². The molecule has 0 bridgehead atoms. The molecule has 1 fully saturated rings. The minimum Gasteiger partial charge on any atom is -0.329 e. The van der Waals surface area contributed by atoms with Crippen molar-refractivity contribution in [2.45, 2.75) is 51.0 Å². The molecule has 0 unspecified atom stereocenters. The Bertz CT molecular complexity index is 287. The SMILES string of the molecule is NCCn1cc(C2CCCCCC2)nn1. The van der Waals surface area contributed by atoms with Crippen LogP contribution in [0.1, 0.15) is 50.1 Å². The van der Waals surface area contributed by atoms with Crippen LogP contribution in [0.25, 0.3) is 0 Å². The van der Waals surface area contributed by atoms with Gasteiger partial charge in [0.15, 0.2) is 0 Å². The lowest BCUT2D eigenvalue weighted by Crippen LogP contribution is -2.10. The first-order valence-corrected chi connectivity index (χ1v) is 6.00. The second-order valence-electron chi connectivity index (χ2n) is 4.38. The van der Waals surface area contributed by atoms with Gasteiger partial charge >= 0.3 is 0 Å². The Kier molecular flexibility index (Phi) is 3.72. The minimum atomic E-state index is 0.632. The van der Waals surface area contributed by atoms with Gasteiger partial charge in [0.1, 0.15) is 0 Å². The third-order valence-electron chi connectivity index (χ3n) is 3.19. The van der Waals surface area contributed by atoms with E-state index >= 15 is 0 Å². The zero-order valence-electron chi connectivity index (χ0n) is 9.23. The van der Waals surface area contributed by atoms with Crippen molar-refractivity contribution in [2.24, 2.45) is 5.73 Å². The number of aromatic nitrogens is 3. The molecule has 0 atom stereocenters. The average Bonchev–Trinajstić information content (AvgIpc) is 2.53. The molecule has 0 amide bonds. The van der Waals surface area contributed by atoms with Gasteiger partial charge in [0.05, 0.1) is 12.2 Å². The molecular formula is C11H20N4. The molecule has 1 aromatic heterocycles. The van der Waals surface area contributed by atoms with Gasteiger partial charge in [0.2, 0.25) is 0 Å². The molecule has 84 valence electrons. The molecule has 1 saturated carbocycles. The van der Waals surface area contributed by atoms with Crippen LogP contribution >= 0.6 is 0 Å². The number of hydrogen-bond donors (Lipinski definition) is 1. The quantitative estimate of drug-likeness (QED) is 0.769. The van der Waals surface area contributed by atoms with Crippen molar-refractivity contribution in [1.82, 2.24) is 15.0 Å². The van der Waals surface area contributed by atoms with Crippen LogP contribution in [0.3, 0.4) is 0 Å². The summed E-state index contributed by atoms with van der Waals surface area (Å²) in [5.41, 5.74) is 6.66. The second-order valence-corrected chi connectivity index (χ2v) is 4.38. The van der Waals surface area contributed by atoms with Crippen LogP contribution in [0.5, 0.6) is 0 Å². The highest BCUT2D eigenvalue weighted by atomic mass is 15.4. The van der Waals surface area contributed by atoms with Crippen molar-refractivity contribution in [2.75, 3.05) is 6.54 Å². The van der Waals surface area contributed by atoms with E-state index in [1.54, 1.807) is 0 Å². The standard InChI is InChI=1S/C11H20N4/c12-7-8-15-9-11(13-14-15)10-5-3-1-2-4-6-10/h9-10H,1-8,12H2. The largest absolute Gasteiger partial charge is 0.329 e. The predicted octanol–water partition coefficient (Wildman–Crippen LogP) is 1.67. The van der Waals surface area contributed by atoms with E-state index in [-0.39, 0.29) is 0 Å². The molecule has 1 aliphatic rings. The summed E-state index contributed by atoms with van der Waals surface area (Å²) in [5.74, 6) is 0.638. The van der Waals surface area contributed by atoms with Gasteiger partial charge in [0.25, 0.3) is 0 Å². The number of hydrogen-bond acceptors (Lipinski definition) is 3. The molecule has 0 saturated heterocycles. The predicted molar refractivity (Wildman–Crippen MR) is 59.5 cm³/mol. The van der Waals surface area contributed by atoms with E-state index in [1.807, 2.05) is 4.68 Å². The van der Waals surface area contributed by atoms with Gasteiger partial charge in [-0.1, -0.05) is 30.9 Å². The van der Waals surface area contributed by atoms with Crippen molar-refractivity contribution in [3.05, 3.63) is 11.9 Å². The van der Waals surface area contributed by atoms with Gasteiger partial charge in [-0.2, -0.15) is 0 Å².